The number of methoxy groups -OCH3 is 1. The molecule has 6 heteroatoms. The Morgan fingerprint density at radius 3 is 2.67 bits per heavy atom. The number of ether oxygens (including phenoxy) is 3. The zero-order valence-corrected chi connectivity index (χ0v) is 13.8. The smallest absolute Gasteiger partial charge is 0.328 e. The second kappa shape index (κ2) is 8.69. The molecule has 5 nitrogen and oxygen atoms in total. The maximum atomic E-state index is 10.5. The minimum Gasteiger partial charge on any atom is -0.493 e. The average Bonchev–Trinajstić information content (AvgIpc) is 2.42. The number of carboxylic acids is 1. The van der Waals surface area contributed by atoms with Gasteiger partial charge in [0.1, 0.15) is 6.61 Å². The van der Waals surface area contributed by atoms with Crippen LogP contribution < -0.4 is 9.47 Å². The van der Waals surface area contributed by atoms with Gasteiger partial charge in [-0.15, -0.1) is 0 Å². The van der Waals surface area contributed by atoms with E-state index < -0.39 is 5.97 Å². The summed E-state index contributed by atoms with van der Waals surface area (Å²) in [5.41, 5.74) is 0.701. The van der Waals surface area contributed by atoms with Gasteiger partial charge in [0, 0.05) is 6.08 Å². The molecule has 0 saturated heterocycles. The molecule has 1 aromatic carbocycles. The van der Waals surface area contributed by atoms with E-state index in [4.69, 9.17) is 19.3 Å². The second-order valence-electron chi connectivity index (χ2n) is 4.47. The van der Waals surface area contributed by atoms with Crippen molar-refractivity contribution in [3.05, 3.63) is 28.2 Å². The fourth-order valence-corrected chi connectivity index (χ4v) is 2.15. The van der Waals surface area contributed by atoms with Crippen molar-refractivity contribution in [2.24, 2.45) is 0 Å². The van der Waals surface area contributed by atoms with Gasteiger partial charge in [-0.1, -0.05) is 0 Å². The van der Waals surface area contributed by atoms with E-state index in [-0.39, 0.29) is 6.10 Å². The first-order valence-corrected chi connectivity index (χ1v) is 7.26. The Bertz CT molecular complexity index is 511. The van der Waals surface area contributed by atoms with Crippen LogP contribution in [0.3, 0.4) is 0 Å². The molecule has 0 spiro atoms. The number of halogens is 1. The number of benzene rings is 1. The van der Waals surface area contributed by atoms with E-state index in [0.717, 1.165) is 6.08 Å². The van der Waals surface area contributed by atoms with Crippen LogP contribution >= 0.6 is 15.9 Å². The van der Waals surface area contributed by atoms with E-state index in [0.29, 0.717) is 34.7 Å². The lowest BCUT2D eigenvalue weighted by molar-refractivity contribution is -0.131. The van der Waals surface area contributed by atoms with Gasteiger partial charge in [0.2, 0.25) is 0 Å². The lowest BCUT2D eigenvalue weighted by Gasteiger charge is -2.14. The molecule has 0 aliphatic rings. The largest absolute Gasteiger partial charge is 0.493 e. The molecule has 116 valence electrons. The number of hydrogen-bond acceptors (Lipinski definition) is 4. The highest BCUT2D eigenvalue weighted by atomic mass is 79.9. The number of hydrogen-bond donors (Lipinski definition) is 1. The van der Waals surface area contributed by atoms with Gasteiger partial charge in [0.25, 0.3) is 0 Å². The third-order valence-electron chi connectivity index (χ3n) is 2.45. The van der Waals surface area contributed by atoms with Crippen molar-refractivity contribution in [2.75, 3.05) is 20.3 Å². The van der Waals surface area contributed by atoms with Crippen molar-refractivity contribution in [1.29, 1.82) is 0 Å². The Balaban J connectivity index is 2.82. The molecule has 0 radical (unpaired) electrons. The third-order valence-corrected chi connectivity index (χ3v) is 3.04. The first-order chi connectivity index (χ1) is 9.93. The van der Waals surface area contributed by atoms with Crippen molar-refractivity contribution in [1.82, 2.24) is 0 Å². The number of aliphatic carboxylic acids is 1. The van der Waals surface area contributed by atoms with Gasteiger partial charge in [-0.05, 0) is 53.5 Å². The highest BCUT2D eigenvalue weighted by Gasteiger charge is 2.11. The molecule has 0 heterocycles. The summed E-state index contributed by atoms with van der Waals surface area (Å²) < 4.78 is 17.0. The zero-order valence-electron chi connectivity index (χ0n) is 12.3. The topological polar surface area (TPSA) is 65.0 Å². The lowest BCUT2D eigenvalue weighted by Crippen LogP contribution is -2.11. The summed E-state index contributed by atoms with van der Waals surface area (Å²) in [7, 11) is 1.53. The summed E-state index contributed by atoms with van der Waals surface area (Å²) in [6.45, 7) is 4.80. The van der Waals surface area contributed by atoms with Crippen LogP contribution in [0.1, 0.15) is 19.4 Å². The van der Waals surface area contributed by atoms with E-state index >= 15 is 0 Å². The third kappa shape index (κ3) is 6.18. The van der Waals surface area contributed by atoms with Gasteiger partial charge < -0.3 is 19.3 Å². The molecule has 0 amide bonds. The maximum absolute atomic E-state index is 10.5. The predicted molar refractivity (Wildman–Crippen MR) is 83.9 cm³/mol. The monoisotopic (exact) mass is 358 g/mol. The maximum Gasteiger partial charge on any atom is 0.328 e. The molecule has 1 rings (SSSR count). The van der Waals surface area contributed by atoms with Gasteiger partial charge in [0.05, 0.1) is 24.3 Å². The Kier molecular flexibility index (Phi) is 7.25. The van der Waals surface area contributed by atoms with Crippen LogP contribution in [-0.2, 0) is 9.53 Å². The van der Waals surface area contributed by atoms with Gasteiger partial charge >= 0.3 is 5.97 Å². The highest BCUT2D eigenvalue weighted by Crippen LogP contribution is 2.37. The molecule has 0 saturated carbocycles. The van der Waals surface area contributed by atoms with E-state index in [2.05, 4.69) is 15.9 Å². The van der Waals surface area contributed by atoms with Gasteiger partial charge in [-0.2, -0.15) is 0 Å². The minimum atomic E-state index is -1.00. The van der Waals surface area contributed by atoms with Crippen molar-refractivity contribution in [3.8, 4) is 11.5 Å². The molecular weight excluding hydrogens is 340 g/mol. The van der Waals surface area contributed by atoms with Crippen LogP contribution in [-0.4, -0.2) is 37.5 Å². The molecule has 0 aliphatic heterocycles. The summed E-state index contributed by atoms with van der Waals surface area (Å²) in [6.07, 6.45) is 2.71. The SMILES string of the molecule is COc1cc(C=CC(=O)O)cc(Br)c1OCCOC(C)C. The Morgan fingerprint density at radius 1 is 1.38 bits per heavy atom. The summed E-state index contributed by atoms with van der Waals surface area (Å²) in [4.78, 5) is 10.5. The molecule has 1 aromatic rings. The van der Waals surface area contributed by atoms with E-state index in [9.17, 15) is 4.79 Å². The summed E-state index contributed by atoms with van der Waals surface area (Å²) >= 11 is 3.40. The Labute approximate surface area is 132 Å². The van der Waals surface area contributed by atoms with E-state index in [1.54, 1.807) is 12.1 Å². The first kappa shape index (κ1) is 17.5. The van der Waals surface area contributed by atoms with Crippen LogP contribution in [0.4, 0.5) is 0 Å². The molecule has 0 atom stereocenters. The Hall–Kier alpha value is -1.53. The molecular formula is C15H19BrO5. The fraction of sp³-hybridized carbons (Fsp3) is 0.400. The quantitative estimate of drug-likeness (QED) is 0.570. The minimum absolute atomic E-state index is 0.155. The molecule has 0 bridgehead atoms. The van der Waals surface area contributed by atoms with Gasteiger partial charge in [-0.25, -0.2) is 4.79 Å². The molecule has 21 heavy (non-hydrogen) atoms. The highest BCUT2D eigenvalue weighted by molar-refractivity contribution is 9.10. The van der Waals surface area contributed by atoms with Crippen LogP contribution in [0.15, 0.2) is 22.7 Å². The second-order valence-corrected chi connectivity index (χ2v) is 5.33. The number of carbonyl (C=O) groups is 1. The predicted octanol–water partition coefficient (Wildman–Crippen LogP) is 3.36. The van der Waals surface area contributed by atoms with Crippen LogP contribution in [0.5, 0.6) is 11.5 Å². The fourth-order valence-electron chi connectivity index (χ4n) is 1.57. The average molecular weight is 359 g/mol. The number of rotatable bonds is 8. The molecule has 0 aliphatic carbocycles. The molecule has 0 aromatic heterocycles. The van der Waals surface area contributed by atoms with Crippen molar-refractivity contribution < 1.29 is 24.1 Å². The summed E-state index contributed by atoms with van der Waals surface area (Å²) in [5, 5.41) is 8.64. The standard InChI is InChI=1S/C15H19BrO5/c1-10(2)20-6-7-21-15-12(16)8-11(4-5-14(17)18)9-13(15)19-3/h4-5,8-10H,6-7H2,1-3H3,(H,17,18). The zero-order chi connectivity index (χ0) is 15.8. The van der Waals surface area contributed by atoms with Crippen molar-refractivity contribution >= 4 is 28.0 Å². The van der Waals surface area contributed by atoms with Crippen LogP contribution in [0, 0.1) is 0 Å². The number of carboxylic acid groups (broad SMARTS) is 1. The van der Waals surface area contributed by atoms with Gasteiger partial charge in [0.15, 0.2) is 11.5 Å². The molecule has 1 N–H and O–H groups in total. The van der Waals surface area contributed by atoms with Crippen LogP contribution in [0.25, 0.3) is 6.08 Å². The first-order valence-electron chi connectivity index (χ1n) is 6.47. The summed E-state index contributed by atoms with van der Waals surface area (Å²) in [5.74, 6) is 0.0903. The summed E-state index contributed by atoms with van der Waals surface area (Å²) in [6, 6.07) is 3.48. The molecule has 0 unspecified atom stereocenters. The molecule has 0 fully saturated rings. The Morgan fingerprint density at radius 2 is 2.10 bits per heavy atom. The van der Waals surface area contributed by atoms with E-state index in [1.807, 2.05) is 13.8 Å². The van der Waals surface area contributed by atoms with Gasteiger partial charge in [-0.3, -0.25) is 0 Å². The van der Waals surface area contributed by atoms with Crippen molar-refractivity contribution in [3.63, 3.8) is 0 Å². The normalized spacial score (nSPS) is 11.1. The van der Waals surface area contributed by atoms with E-state index in [1.165, 1.54) is 13.2 Å². The van der Waals surface area contributed by atoms with Crippen LogP contribution in [0.2, 0.25) is 0 Å². The van der Waals surface area contributed by atoms with Crippen molar-refractivity contribution in [2.45, 2.75) is 20.0 Å². The lowest BCUT2D eigenvalue weighted by atomic mass is 10.2.